The average Bonchev–Trinajstić information content (AvgIpc) is 2.62. The first-order chi connectivity index (χ1) is 12.4. The Morgan fingerprint density at radius 2 is 1.96 bits per heavy atom. The number of hydrogen-bond acceptors (Lipinski definition) is 3. The molecule has 1 aliphatic rings. The van der Waals surface area contributed by atoms with Crippen LogP contribution >= 0.6 is 9.24 Å². The molecule has 2 aromatic rings. The van der Waals surface area contributed by atoms with Crippen molar-refractivity contribution in [2.75, 3.05) is 37.4 Å². The predicted molar refractivity (Wildman–Crippen MR) is 109 cm³/mol. The van der Waals surface area contributed by atoms with Crippen LogP contribution < -0.4 is 15.5 Å². The molecule has 1 heterocycles. The standard InChI is InChI=1S/C20H25FN3OP/c1-23-10-8-16(9-11-23)24(2)17-5-3-4-15(13-17)22-20(25)18-7-6-14(21)12-19(18)26/h3-7,12-13,16H,8-11,26H2,1-2H3,(H,22,25). The zero-order chi connectivity index (χ0) is 18.7. The van der Waals surface area contributed by atoms with Gasteiger partial charge in [-0.2, -0.15) is 0 Å². The van der Waals surface area contributed by atoms with Crippen LogP contribution in [0.1, 0.15) is 23.2 Å². The average molecular weight is 373 g/mol. The summed E-state index contributed by atoms with van der Waals surface area (Å²) >= 11 is 0. The monoisotopic (exact) mass is 373 g/mol. The first-order valence-electron chi connectivity index (χ1n) is 8.82. The Balaban J connectivity index is 1.71. The van der Waals surface area contributed by atoms with Gasteiger partial charge >= 0.3 is 0 Å². The van der Waals surface area contributed by atoms with Crippen LogP contribution in [-0.4, -0.2) is 44.0 Å². The zero-order valence-corrected chi connectivity index (χ0v) is 16.4. The topological polar surface area (TPSA) is 35.6 Å². The second-order valence-electron chi connectivity index (χ2n) is 6.88. The fraction of sp³-hybridized carbons (Fsp3) is 0.350. The number of hydrogen-bond donors (Lipinski definition) is 1. The summed E-state index contributed by atoms with van der Waals surface area (Å²) in [6.07, 6.45) is 2.27. The van der Waals surface area contributed by atoms with E-state index in [1.165, 1.54) is 18.2 Å². The van der Waals surface area contributed by atoms with Crippen LogP contribution in [0.3, 0.4) is 0 Å². The Morgan fingerprint density at radius 3 is 2.65 bits per heavy atom. The van der Waals surface area contributed by atoms with Gasteiger partial charge in [-0.15, -0.1) is 9.24 Å². The lowest BCUT2D eigenvalue weighted by molar-refractivity contribution is 0.102. The van der Waals surface area contributed by atoms with Gasteiger partial charge in [-0.05, 0) is 74.7 Å². The van der Waals surface area contributed by atoms with Crippen molar-refractivity contribution in [3.63, 3.8) is 0 Å². The number of amides is 1. The summed E-state index contributed by atoms with van der Waals surface area (Å²) in [5, 5.41) is 3.46. The van der Waals surface area contributed by atoms with Gasteiger partial charge in [0.15, 0.2) is 0 Å². The summed E-state index contributed by atoms with van der Waals surface area (Å²) in [7, 11) is 6.67. The summed E-state index contributed by atoms with van der Waals surface area (Å²) in [6.45, 7) is 2.21. The van der Waals surface area contributed by atoms with E-state index in [0.29, 0.717) is 16.9 Å². The number of anilines is 2. The van der Waals surface area contributed by atoms with E-state index in [1.54, 1.807) is 0 Å². The summed E-state index contributed by atoms with van der Waals surface area (Å²) in [5.41, 5.74) is 2.27. The highest BCUT2D eigenvalue weighted by Crippen LogP contribution is 2.24. The number of carbonyl (C=O) groups excluding carboxylic acids is 1. The minimum atomic E-state index is -0.353. The van der Waals surface area contributed by atoms with Crippen LogP contribution in [0.25, 0.3) is 0 Å². The Labute approximate surface area is 156 Å². The maximum absolute atomic E-state index is 13.2. The minimum absolute atomic E-state index is 0.242. The third-order valence-corrected chi connectivity index (χ3v) is 5.48. The molecular formula is C20H25FN3OP. The van der Waals surface area contributed by atoms with Gasteiger partial charge in [0, 0.05) is 30.0 Å². The Kier molecular flexibility index (Phi) is 5.90. The van der Waals surface area contributed by atoms with Crippen molar-refractivity contribution in [2.24, 2.45) is 0 Å². The van der Waals surface area contributed by atoms with Crippen LogP contribution in [0, 0.1) is 5.82 Å². The molecule has 26 heavy (non-hydrogen) atoms. The van der Waals surface area contributed by atoms with Crippen molar-refractivity contribution in [1.29, 1.82) is 0 Å². The van der Waals surface area contributed by atoms with Crippen LogP contribution in [-0.2, 0) is 0 Å². The maximum Gasteiger partial charge on any atom is 0.256 e. The number of piperidine rings is 1. The summed E-state index contributed by atoms with van der Waals surface area (Å²) in [5.74, 6) is -0.595. The van der Waals surface area contributed by atoms with E-state index in [2.05, 4.69) is 44.5 Å². The lowest BCUT2D eigenvalue weighted by Gasteiger charge is -2.36. The van der Waals surface area contributed by atoms with Crippen molar-refractivity contribution in [2.45, 2.75) is 18.9 Å². The molecule has 0 bridgehead atoms. The van der Waals surface area contributed by atoms with E-state index in [-0.39, 0.29) is 11.7 Å². The molecule has 6 heteroatoms. The number of nitrogens with one attached hydrogen (secondary N) is 1. The second kappa shape index (κ2) is 8.15. The van der Waals surface area contributed by atoms with Gasteiger partial charge in [0.2, 0.25) is 0 Å². The summed E-state index contributed by atoms with van der Waals surface area (Å²) in [6, 6.07) is 12.5. The molecule has 1 amide bonds. The molecule has 1 unspecified atom stereocenters. The van der Waals surface area contributed by atoms with Gasteiger partial charge in [-0.3, -0.25) is 4.79 Å². The van der Waals surface area contributed by atoms with Gasteiger partial charge in [0.25, 0.3) is 5.91 Å². The molecule has 4 nitrogen and oxygen atoms in total. The number of benzene rings is 2. The van der Waals surface area contributed by atoms with Gasteiger partial charge < -0.3 is 15.1 Å². The number of carbonyl (C=O) groups is 1. The van der Waals surface area contributed by atoms with Crippen LogP contribution in [0.5, 0.6) is 0 Å². The fourth-order valence-corrected chi connectivity index (χ4v) is 3.72. The Morgan fingerprint density at radius 1 is 1.23 bits per heavy atom. The Hall–Kier alpha value is -1.97. The quantitative estimate of drug-likeness (QED) is 0.837. The molecule has 1 aliphatic heterocycles. The zero-order valence-electron chi connectivity index (χ0n) is 15.2. The molecule has 1 saturated heterocycles. The third kappa shape index (κ3) is 4.40. The van der Waals surface area contributed by atoms with E-state index < -0.39 is 0 Å². The fourth-order valence-electron chi connectivity index (χ4n) is 3.33. The smallest absolute Gasteiger partial charge is 0.256 e. The van der Waals surface area contributed by atoms with Crippen LogP contribution in [0.15, 0.2) is 42.5 Å². The summed E-state index contributed by atoms with van der Waals surface area (Å²) < 4.78 is 13.2. The van der Waals surface area contributed by atoms with Crippen molar-refractivity contribution in [3.8, 4) is 0 Å². The van der Waals surface area contributed by atoms with Crippen LogP contribution in [0.4, 0.5) is 15.8 Å². The number of nitrogens with zero attached hydrogens (tertiary/aromatic N) is 2. The van der Waals surface area contributed by atoms with E-state index >= 15 is 0 Å². The van der Waals surface area contributed by atoms with Crippen molar-refractivity contribution < 1.29 is 9.18 Å². The number of likely N-dealkylation sites (tertiary alicyclic amines) is 1. The molecule has 0 aromatic heterocycles. The third-order valence-electron chi connectivity index (χ3n) is 5.01. The highest BCUT2D eigenvalue weighted by molar-refractivity contribution is 7.27. The van der Waals surface area contributed by atoms with Crippen molar-refractivity contribution >= 4 is 31.8 Å². The van der Waals surface area contributed by atoms with E-state index in [9.17, 15) is 9.18 Å². The number of halogens is 1. The Bertz CT molecular complexity index is 790. The first-order valence-corrected chi connectivity index (χ1v) is 9.39. The molecule has 3 rings (SSSR count). The van der Waals surface area contributed by atoms with E-state index in [1.807, 2.05) is 18.2 Å². The largest absolute Gasteiger partial charge is 0.371 e. The first kappa shape index (κ1) is 18.8. The lowest BCUT2D eigenvalue weighted by Crippen LogP contribution is -2.42. The van der Waals surface area contributed by atoms with Gasteiger partial charge in [-0.1, -0.05) is 6.07 Å². The SMILES string of the molecule is CN1CCC(N(C)c2cccc(NC(=O)c3ccc(F)cc3P)c2)CC1. The normalized spacial score (nSPS) is 15.7. The van der Waals surface area contributed by atoms with E-state index in [0.717, 1.165) is 37.3 Å². The van der Waals surface area contributed by atoms with Crippen LogP contribution in [0.2, 0.25) is 0 Å². The lowest BCUT2D eigenvalue weighted by atomic mass is 10.0. The molecule has 1 fully saturated rings. The van der Waals surface area contributed by atoms with Crippen molar-refractivity contribution in [3.05, 3.63) is 53.8 Å². The molecule has 0 aliphatic carbocycles. The van der Waals surface area contributed by atoms with Gasteiger partial charge in [-0.25, -0.2) is 4.39 Å². The van der Waals surface area contributed by atoms with E-state index in [4.69, 9.17) is 0 Å². The second-order valence-corrected chi connectivity index (χ2v) is 7.50. The van der Waals surface area contributed by atoms with Gasteiger partial charge in [0.05, 0.1) is 0 Å². The van der Waals surface area contributed by atoms with Crippen molar-refractivity contribution in [1.82, 2.24) is 4.90 Å². The highest BCUT2D eigenvalue weighted by atomic mass is 31.0. The molecular weight excluding hydrogens is 348 g/mol. The molecule has 0 spiro atoms. The van der Waals surface area contributed by atoms with Gasteiger partial charge in [0.1, 0.15) is 5.82 Å². The molecule has 1 atom stereocenters. The molecule has 0 radical (unpaired) electrons. The minimum Gasteiger partial charge on any atom is -0.371 e. The molecule has 0 saturated carbocycles. The molecule has 2 aromatic carbocycles. The number of rotatable bonds is 4. The maximum atomic E-state index is 13.2. The highest BCUT2D eigenvalue weighted by Gasteiger charge is 2.21. The predicted octanol–water partition coefficient (Wildman–Crippen LogP) is 3.11. The molecule has 138 valence electrons. The molecule has 1 N–H and O–H groups in total. The summed E-state index contributed by atoms with van der Waals surface area (Å²) in [4.78, 5) is 17.1.